The summed E-state index contributed by atoms with van der Waals surface area (Å²) in [6.45, 7) is 1.31. The molecular formula is C19H21BrFN3O4. The van der Waals surface area contributed by atoms with Crippen LogP contribution in [0.2, 0.25) is 0 Å². The molecule has 0 radical (unpaired) electrons. The minimum absolute atomic E-state index is 0.174. The number of nitrogens with zero attached hydrogens (tertiary/aromatic N) is 2. The smallest absolute Gasteiger partial charge is 0.404 e. The molecule has 1 aliphatic rings. The Labute approximate surface area is 170 Å². The summed E-state index contributed by atoms with van der Waals surface area (Å²) in [7, 11) is 2.96. The number of carbonyl (C=O) groups excluding carboxylic acids is 1. The van der Waals surface area contributed by atoms with Crippen LogP contribution in [0.5, 0.6) is 11.5 Å². The normalized spacial score (nSPS) is 14.6. The summed E-state index contributed by atoms with van der Waals surface area (Å²) in [6, 6.07) is 6.60. The molecule has 2 aromatic rings. The molecule has 3 rings (SSSR count). The molecule has 1 fully saturated rings. The van der Waals surface area contributed by atoms with Crippen molar-refractivity contribution in [3.63, 3.8) is 0 Å². The topological polar surface area (TPSA) is 86.9 Å². The number of hydrogen-bond acceptors (Lipinski definition) is 6. The van der Waals surface area contributed by atoms with Crippen molar-refractivity contribution in [1.29, 1.82) is 0 Å². The minimum Gasteiger partial charge on any atom is -0.494 e. The van der Waals surface area contributed by atoms with Gasteiger partial charge in [-0.25, -0.2) is 14.2 Å². The summed E-state index contributed by atoms with van der Waals surface area (Å²) in [5.41, 5.74) is 6.44. The Bertz CT molecular complexity index is 872. The Morgan fingerprint density at radius 3 is 2.54 bits per heavy atom. The van der Waals surface area contributed by atoms with E-state index in [0.717, 1.165) is 5.82 Å². The average molecular weight is 454 g/mol. The highest BCUT2D eigenvalue weighted by Crippen LogP contribution is 2.39. The van der Waals surface area contributed by atoms with Gasteiger partial charge >= 0.3 is 6.09 Å². The number of hydrogen-bond donors (Lipinski definition) is 1. The Balaban J connectivity index is 1.91. The Kier molecular flexibility index (Phi) is 6.23. The fourth-order valence-electron chi connectivity index (χ4n) is 3.26. The molecule has 0 aliphatic carbocycles. The molecule has 1 aromatic carbocycles. The highest BCUT2D eigenvalue weighted by Gasteiger charge is 2.24. The van der Waals surface area contributed by atoms with E-state index in [1.54, 1.807) is 12.1 Å². The highest BCUT2D eigenvalue weighted by atomic mass is 79.9. The molecule has 0 bridgehead atoms. The van der Waals surface area contributed by atoms with Crippen LogP contribution in [0.15, 0.2) is 28.9 Å². The summed E-state index contributed by atoms with van der Waals surface area (Å²) in [4.78, 5) is 17.6. The lowest BCUT2D eigenvalue weighted by molar-refractivity contribution is 0.0911. The Morgan fingerprint density at radius 1 is 1.25 bits per heavy atom. The maximum absolute atomic E-state index is 14.2. The molecule has 1 aromatic heterocycles. The predicted octanol–water partition coefficient (Wildman–Crippen LogP) is 3.73. The lowest BCUT2D eigenvalue weighted by atomic mass is 10.0. The maximum atomic E-state index is 14.2. The zero-order valence-corrected chi connectivity index (χ0v) is 17.2. The molecule has 0 unspecified atom stereocenters. The maximum Gasteiger partial charge on any atom is 0.404 e. The van der Waals surface area contributed by atoms with Gasteiger partial charge in [-0.05, 0) is 39.7 Å². The van der Waals surface area contributed by atoms with Crippen LogP contribution in [-0.2, 0) is 4.74 Å². The van der Waals surface area contributed by atoms with Gasteiger partial charge in [-0.3, -0.25) is 0 Å². The molecule has 1 saturated heterocycles. The van der Waals surface area contributed by atoms with Crippen LogP contribution in [0.1, 0.15) is 12.8 Å². The van der Waals surface area contributed by atoms with Crippen LogP contribution >= 0.6 is 15.9 Å². The van der Waals surface area contributed by atoms with E-state index in [1.165, 1.54) is 20.3 Å². The third-order valence-electron chi connectivity index (χ3n) is 4.63. The number of amides is 1. The second-order valence-electron chi connectivity index (χ2n) is 6.32. The fourth-order valence-corrected chi connectivity index (χ4v) is 3.82. The largest absolute Gasteiger partial charge is 0.494 e. The van der Waals surface area contributed by atoms with Gasteiger partial charge in [-0.15, -0.1) is 0 Å². The van der Waals surface area contributed by atoms with Crippen molar-refractivity contribution < 1.29 is 23.4 Å². The van der Waals surface area contributed by atoms with Gasteiger partial charge in [0, 0.05) is 31.5 Å². The zero-order chi connectivity index (χ0) is 20.3. The number of nitrogens with two attached hydrogens (primary N) is 1. The van der Waals surface area contributed by atoms with Gasteiger partial charge in [0.1, 0.15) is 11.9 Å². The molecule has 7 nitrogen and oxygen atoms in total. The molecule has 0 saturated carbocycles. The van der Waals surface area contributed by atoms with Crippen LogP contribution in [0.4, 0.5) is 15.0 Å². The molecule has 0 spiro atoms. The number of aromatic nitrogens is 1. The molecule has 1 aliphatic heterocycles. The van der Waals surface area contributed by atoms with Crippen molar-refractivity contribution in [2.24, 2.45) is 5.73 Å². The van der Waals surface area contributed by atoms with E-state index < -0.39 is 11.9 Å². The molecule has 150 valence electrons. The number of benzene rings is 1. The van der Waals surface area contributed by atoms with Crippen molar-refractivity contribution in [2.75, 3.05) is 32.2 Å². The first-order chi connectivity index (χ1) is 13.4. The van der Waals surface area contributed by atoms with Crippen molar-refractivity contribution in [2.45, 2.75) is 18.9 Å². The predicted molar refractivity (Wildman–Crippen MR) is 106 cm³/mol. The van der Waals surface area contributed by atoms with Crippen molar-refractivity contribution >= 4 is 27.8 Å². The lowest BCUT2D eigenvalue weighted by Crippen LogP contribution is -2.39. The summed E-state index contributed by atoms with van der Waals surface area (Å²) in [6.07, 6.45) is 0.361. The second-order valence-corrected chi connectivity index (χ2v) is 7.08. The summed E-state index contributed by atoms with van der Waals surface area (Å²) >= 11 is 3.45. The third-order valence-corrected chi connectivity index (χ3v) is 5.17. The van der Waals surface area contributed by atoms with Gasteiger partial charge in [0.2, 0.25) is 0 Å². The van der Waals surface area contributed by atoms with Gasteiger partial charge in [-0.1, -0.05) is 6.07 Å². The number of piperidine rings is 1. The van der Waals surface area contributed by atoms with Crippen molar-refractivity contribution in [1.82, 2.24) is 4.98 Å². The minimum atomic E-state index is -0.757. The lowest BCUT2D eigenvalue weighted by Gasteiger charge is -2.32. The number of methoxy groups -OCH3 is 2. The third kappa shape index (κ3) is 4.30. The highest BCUT2D eigenvalue weighted by molar-refractivity contribution is 9.10. The van der Waals surface area contributed by atoms with Gasteiger partial charge in [0.15, 0.2) is 21.9 Å². The van der Waals surface area contributed by atoms with Crippen molar-refractivity contribution in [3.05, 3.63) is 34.7 Å². The monoisotopic (exact) mass is 453 g/mol. The van der Waals surface area contributed by atoms with Crippen LogP contribution < -0.4 is 20.1 Å². The number of pyridine rings is 1. The zero-order valence-electron chi connectivity index (χ0n) is 15.6. The number of ether oxygens (including phenoxy) is 3. The van der Waals surface area contributed by atoms with Gasteiger partial charge in [-0.2, -0.15) is 0 Å². The van der Waals surface area contributed by atoms with Crippen LogP contribution in [0.25, 0.3) is 11.1 Å². The summed E-state index contributed by atoms with van der Waals surface area (Å²) in [5, 5.41) is 0. The van der Waals surface area contributed by atoms with E-state index in [2.05, 4.69) is 25.8 Å². The Hall–Kier alpha value is -2.55. The first-order valence-corrected chi connectivity index (χ1v) is 9.51. The number of halogens is 2. The molecule has 1 amide bonds. The standard InChI is InChI=1S/C19H21BrFN3O4/c1-26-15-4-3-11(9-14(15)21)13-10-16(23-18(20)17(13)27-2)24-7-5-12(6-8-24)28-19(22)25/h3-4,9-10,12H,5-8H2,1-2H3,(H2,22,25). The molecule has 0 atom stereocenters. The Morgan fingerprint density at radius 2 is 1.96 bits per heavy atom. The number of primary amides is 1. The van der Waals surface area contributed by atoms with E-state index in [4.69, 9.17) is 19.9 Å². The van der Waals surface area contributed by atoms with E-state index in [9.17, 15) is 9.18 Å². The fraction of sp³-hybridized carbons (Fsp3) is 0.368. The second kappa shape index (κ2) is 8.64. The molecular weight excluding hydrogens is 433 g/mol. The van der Waals surface area contributed by atoms with Crippen LogP contribution in [0, 0.1) is 5.82 Å². The average Bonchev–Trinajstić information content (AvgIpc) is 2.67. The van der Waals surface area contributed by atoms with Crippen LogP contribution in [0.3, 0.4) is 0 Å². The molecule has 2 heterocycles. The first kappa shape index (κ1) is 20.2. The van der Waals surface area contributed by atoms with E-state index in [0.29, 0.717) is 47.4 Å². The number of rotatable bonds is 5. The molecule has 9 heteroatoms. The van der Waals surface area contributed by atoms with Gasteiger partial charge in [0.25, 0.3) is 0 Å². The van der Waals surface area contributed by atoms with Gasteiger partial charge < -0.3 is 24.8 Å². The molecule has 28 heavy (non-hydrogen) atoms. The van der Waals surface area contributed by atoms with E-state index in [1.807, 2.05) is 6.07 Å². The first-order valence-electron chi connectivity index (χ1n) is 8.72. The van der Waals surface area contributed by atoms with Crippen LogP contribution in [-0.4, -0.2) is 44.5 Å². The summed E-state index contributed by atoms with van der Waals surface area (Å²) < 4.78 is 30.3. The molecule has 2 N–H and O–H groups in total. The van der Waals surface area contributed by atoms with E-state index >= 15 is 0 Å². The van der Waals surface area contributed by atoms with Crippen molar-refractivity contribution in [3.8, 4) is 22.6 Å². The SMILES string of the molecule is COc1ccc(-c2cc(N3CCC(OC(N)=O)CC3)nc(Br)c2OC)cc1F. The number of anilines is 1. The van der Waals surface area contributed by atoms with Gasteiger partial charge in [0.05, 0.1) is 14.2 Å². The van der Waals surface area contributed by atoms with E-state index in [-0.39, 0.29) is 11.9 Å². The number of carbonyl (C=O) groups is 1. The quantitative estimate of drug-likeness (QED) is 0.693. The summed E-state index contributed by atoms with van der Waals surface area (Å²) in [5.74, 6) is 0.949.